The molecule has 0 radical (unpaired) electrons. The van der Waals surface area contributed by atoms with E-state index in [1.165, 1.54) is 30.1 Å². The van der Waals surface area contributed by atoms with Crippen molar-refractivity contribution in [2.45, 2.75) is 19.5 Å². The summed E-state index contributed by atoms with van der Waals surface area (Å²) in [6.45, 7) is 8.94. The van der Waals surface area contributed by atoms with Gasteiger partial charge in [0.2, 0.25) is 5.82 Å². The third kappa shape index (κ3) is 3.70. The summed E-state index contributed by atoms with van der Waals surface area (Å²) in [6, 6.07) is 15.1. The molecule has 2 aromatic heterocycles. The topological polar surface area (TPSA) is 52.5 Å². The maximum atomic E-state index is 4.47. The summed E-state index contributed by atoms with van der Waals surface area (Å²) >= 11 is 1.75. The largest absolute Gasteiger partial charge is 0.326 e. The van der Waals surface area contributed by atoms with E-state index in [1.54, 1.807) is 21.1 Å². The van der Waals surface area contributed by atoms with Gasteiger partial charge in [0.05, 0.1) is 13.1 Å². The van der Waals surface area contributed by atoms with Gasteiger partial charge >= 0.3 is 0 Å². The van der Waals surface area contributed by atoms with Crippen molar-refractivity contribution in [3.05, 3.63) is 64.1 Å². The second-order valence-corrected chi connectivity index (χ2v) is 7.91. The quantitative estimate of drug-likeness (QED) is 0.625. The Morgan fingerprint density at radius 2 is 1.88 bits per heavy atom. The van der Waals surface area contributed by atoms with Crippen LogP contribution in [0.5, 0.6) is 0 Å². The van der Waals surface area contributed by atoms with Gasteiger partial charge in [0.1, 0.15) is 26.2 Å². The molecule has 3 aromatic rings. The number of likely N-dealkylation sites (N-methyl/N-ethyl adjacent to an activating group) is 1. The number of nitrogens with zero attached hydrogens (tertiary/aromatic N) is 4. The Balaban J connectivity index is 1.65. The van der Waals surface area contributed by atoms with Gasteiger partial charge < -0.3 is 9.80 Å². The first-order valence-electron chi connectivity index (χ1n) is 9.36. The monoisotopic (exact) mass is 370 g/mol. The van der Waals surface area contributed by atoms with E-state index in [9.17, 15) is 0 Å². The molecule has 26 heavy (non-hydrogen) atoms. The lowest BCUT2D eigenvalue weighted by Gasteiger charge is -2.33. The van der Waals surface area contributed by atoms with Gasteiger partial charge in [0.25, 0.3) is 0 Å². The van der Waals surface area contributed by atoms with Crippen LogP contribution in [-0.4, -0.2) is 52.9 Å². The molecule has 1 saturated heterocycles. The van der Waals surface area contributed by atoms with Crippen molar-refractivity contribution in [3.8, 4) is 0 Å². The predicted octanol–water partition coefficient (Wildman–Crippen LogP) is -0.324. The zero-order valence-corrected chi connectivity index (χ0v) is 16.0. The van der Waals surface area contributed by atoms with Crippen LogP contribution in [0.25, 0.3) is 0 Å². The van der Waals surface area contributed by atoms with Gasteiger partial charge in [-0.05, 0) is 28.8 Å². The molecule has 0 amide bonds. The van der Waals surface area contributed by atoms with Crippen molar-refractivity contribution in [3.63, 3.8) is 0 Å². The summed E-state index contributed by atoms with van der Waals surface area (Å²) in [7, 11) is 0. The molecule has 0 aliphatic carbocycles. The molecule has 2 N–H and O–H groups in total. The van der Waals surface area contributed by atoms with Crippen LogP contribution in [0.3, 0.4) is 0 Å². The highest BCUT2D eigenvalue weighted by molar-refractivity contribution is 7.09. The number of benzene rings is 1. The highest BCUT2D eigenvalue weighted by Crippen LogP contribution is 2.18. The number of quaternary nitrogens is 2. The molecule has 0 bridgehead atoms. The van der Waals surface area contributed by atoms with Gasteiger partial charge in [0.15, 0.2) is 6.04 Å². The maximum Gasteiger partial charge on any atom is 0.214 e. The second kappa shape index (κ2) is 8.07. The smallest absolute Gasteiger partial charge is 0.214 e. The molecule has 7 heteroatoms. The van der Waals surface area contributed by atoms with Crippen LogP contribution in [0.2, 0.25) is 0 Å². The fraction of sp³-hybridized carbons (Fsp3) is 0.421. The first-order valence-corrected chi connectivity index (χ1v) is 10.2. The lowest BCUT2D eigenvalue weighted by Crippen LogP contribution is -3.28. The van der Waals surface area contributed by atoms with Crippen molar-refractivity contribution in [1.82, 2.24) is 20.2 Å². The van der Waals surface area contributed by atoms with Crippen LogP contribution in [0, 0.1) is 0 Å². The van der Waals surface area contributed by atoms with Gasteiger partial charge in [-0.3, -0.25) is 0 Å². The molecule has 1 aliphatic rings. The average molecular weight is 371 g/mol. The van der Waals surface area contributed by atoms with E-state index >= 15 is 0 Å². The molecule has 1 aromatic carbocycles. The van der Waals surface area contributed by atoms with Gasteiger partial charge in [0, 0.05) is 10.4 Å². The second-order valence-electron chi connectivity index (χ2n) is 6.88. The van der Waals surface area contributed by atoms with Crippen LogP contribution in [0.4, 0.5) is 0 Å². The minimum atomic E-state index is 0.185. The summed E-state index contributed by atoms with van der Waals surface area (Å²) in [4.78, 5) is 4.54. The zero-order valence-electron chi connectivity index (χ0n) is 15.1. The van der Waals surface area contributed by atoms with Crippen LogP contribution in [-0.2, 0) is 6.54 Å². The van der Waals surface area contributed by atoms with Crippen LogP contribution >= 0.6 is 11.3 Å². The lowest BCUT2D eigenvalue weighted by atomic mass is 10.0. The third-order valence-electron chi connectivity index (χ3n) is 5.34. The minimum absolute atomic E-state index is 0.185. The number of piperazine rings is 1. The molecule has 136 valence electrons. The Bertz CT molecular complexity index is 793. The molecule has 0 unspecified atom stereocenters. The van der Waals surface area contributed by atoms with Gasteiger partial charge in [-0.1, -0.05) is 36.4 Å². The molecule has 1 fully saturated rings. The highest BCUT2D eigenvalue weighted by atomic mass is 32.1. The van der Waals surface area contributed by atoms with Crippen molar-refractivity contribution >= 4 is 11.3 Å². The van der Waals surface area contributed by atoms with Gasteiger partial charge in [-0.2, -0.15) is 0 Å². The van der Waals surface area contributed by atoms with E-state index in [4.69, 9.17) is 0 Å². The number of aromatic nitrogens is 4. The Labute approximate surface area is 158 Å². The van der Waals surface area contributed by atoms with Crippen LogP contribution < -0.4 is 9.80 Å². The molecule has 0 saturated carbocycles. The number of hydrogen-bond donors (Lipinski definition) is 2. The molecule has 6 nitrogen and oxygen atoms in total. The Morgan fingerprint density at radius 3 is 2.58 bits per heavy atom. The van der Waals surface area contributed by atoms with E-state index in [0.29, 0.717) is 0 Å². The summed E-state index contributed by atoms with van der Waals surface area (Å²) in [5.74, 6) is 0.972. The molecule has 3 heterocycles. The molecule has 0 spiro atoms. The maximum absolute atomic E-state index is 4.47. The van der Waals surface area contributed by atoms with Crippen molar-refractivity contribution in [2.24, 2.45) is 0 Å². The van der Waals surface area contributed by atoms with Crippen molar-refractivity contribution in [1.29, 1.82) is 0 Å². The molecule has 4 rings (SSSR count). The Morgan fingerprint density at radius 1 is 1.08 bits per heavy atom. The SMILES string of the molecule is CC[NH+]1CC[NH+]([C@H](c2ccccc2)c2nnnn2Cc2cccs2)CC1. The molecular formula is C19H26N6S+2. The van der Waals surface area contributed by atoms with E-state index in [1.807, 2.05) is 4.68 Å². The first-order chi connectivity index (χ1) is 12.8. The number of tetrazole rings is 1. The standard InChI is InChI=1S/C19H24N6S/c1-2-23-10-12-24(13-11-23)18(16-7-4-3-5-8-16)19-20-21-22-25(19)15-17-9-6-14-26-17/h3-9,14,18H,2,10-13,15H2,1H3/p+2/t18-/m1/s1. The lowest BCUT2D eigenvalue weighted by molar-refractivity contribution is -1.02. The molecular weight excluding hydrogens is 344 g/mol. The fourth-order valence-corrected chi connectivity index (χ4v) is 4.55. The predicted molar refractivity (Wildman–Crippen MR) is 101 cm³/mol. The Kier molecular flexibility index (Phi) is 5.38. The summed E-state index contributed by atoms with van der Waals surface area (Å²) in [5, 5.41) is 14.9. The zero-order chi connectivity index (χ0) is 17.8. The molecule has 1 atom stereocenters. The molecule has 1 aliphatic heterocycles. The van der Waals surface area contributed by atoms with Crippen LogP contribution in [0.15, 0.2) is 47.8 Å². The van der Waals surface area contributed by atoms with E-state index < -0.39 is 0 Å². The first kappa shape index (κ1) is 17.3. The Hall–Kier alpha value is -2.09. The van der Waals surface area contributed by atoms with E-state index in [2.05, 4.69) is 70.3 Å². The summed E-state index contributed by atoms with van der Waals surface area (Å²) in [6.07, 6.45) is 0. The number of thiophene rings is 1. The number of rotatable bonds is 6. The average Bonchev–Trinajstić information content (AvgIpc) is 3.37. The van der Waals surface area contributed by atoms with E-state index in [0.717, 1.165) is 25.5 Å². The van der Waals surface area contributed by atoms with Crippen molar-refractivity contribution in [2.75, 3.05) is 32.7 Å². The number of nitrogens with one attached hydrogen (secondary N) is 2. The van der Waals surface area contributed by atoms with Gasteiger partial charge in [-0.15, -0.1) is 16.4 Å². The fourth-order valence-electron chi connectivity index (χ4n) is 3.86. The van der Waals surface area contributed by atoms with Crippen LogP contribution in [0.1, 0.15) is 29.2 Å². The summed E-state index contributed by atoms with van der Waals surface area (Å²) in [5.41, 5.74) is 1.30. The summed E-state index contributed by atoms with van der Waals surface area (Å²) < 4.78 is 1.98. The highest BCUT2D eigenvalue weighted by Gasteiger charge is 2.35. The third-order valence-corrected chi connectivity index (χ3v) is 6.21. The minimum Gasteiger partial charge on any atom is -0.326 e. The normalized spacial score (nSPS) is 21.6. The number of hydrogen-bond acceptors (Lipinski definition) is 4. The van der Waals surface area contributed by atoms with Crippen molar-refractivity contribution < 1.29 is 9.80 Å². The van der Waals surface area contributed by atoms with Gasteiger partial charge in [-0.25, -0.2) is 4.68 Å². The van der Waals surface area contributed by atoms with E-state index in [-0.39, 0.29) is 6.04 Å².